The van der Waals surface area contributed by atoms with Gasteiger partial charge in [0.1, 0.15) is 11.5 Å². The molecule has 4 heterocycles. The predicted octanol–water partition coefficient (Wildman–Crippen LogP) is 6.72. The number of para-hydroxylation sites is 1. The Balaban J connectivity index is 1.28. The van der Waals surface area contributed by atoms with Crippen LogP contribution in [0.25, 0.3) is 55.8 Å². The van der Waals surface area contributed by atoms with Gasteiger partial charge in [0.05, 0.1) is 22.1 Å². The Hall–Kier alpha value is -4.59. The minimum absolute atomic E-state index is 0.277. The molecule has 37 heavy (non-hydrogen) atoms. The number of nitrogens with zero attached hydrogens (tertiary/aromatic N) is 4. The molecule has 0 aliphatic heterocycles. The normalized spacial score (nSPS) is 14.1. The quantitative estimate of drug-likeness (QED) is 0.250. The van der Waals surface area contributed by atoms with Crippen molar-refractivity contribution >= 4 is 27.8 Å². The summed E-state index contributed by atoms with van der Waals surface area (Å²) >= 11 is 0. The first-order valence-corrected chi connectivity index (χ1v) is 12.5. The first-order valence-electron chi connectivity index (χ1n) is 12.5. The largest absolute Gasteiger partial charge is 0.381 e. The van der Waals surface area contributed by atoms with Gasteiger partial charge in [-0.3, -0.25) is 10.1 Å². The number of H-pyrrole nitrogens is 2. The average Bonchev–Trinajstić information content (AvgIpc) is 3.67. The number of hydrogen-bond donors (Lipinski definition) is 3. The van der Waals surface area contributed by atoms with Gasteiger partial charge in [-0.05, 0) is 48.7 Å². The molecule has 7 rings (SSSR count). The molecular weight excluding hydrogens is 465 g/mol. The fraction of sp³-hybridized carbons (Fsp3) is 0.172. The van der Waals surface area contributed by atoms with E-state index in [4.69, 9.17) is 4.98 Å². The second kappa shape index (κ2) is 8.81. The minimum atomic E-state index is -0.277. The summed E-state index contributed by atoms with van der Waals surface area (Å²) in [5, 5.41) is 12.0. The van der Waals surface area contributed by atoms with Crippen LogP contribution in [0.1, 0.15) is 25.7 Å². The molecule has 7 nitrogen and oxygen atoms in total. The maximum absolute atomic E-state index is 13.9. The fourth-order valence-electron chi connectivity index (χ4n) is 5.26. The number of pyridine rings is 2. The van der Waals surface area contributed by atoms with Crippen molar-refractivity contribution in [2.75, 3.05) is 5.32 Å². The van der Waals surface area contributed by atoms with Crippen LogP contribution in [0, 0.1) is 5.82 Å². The van der Waals surface area contributed by atoms with Crippen molar-refractivity contribution in [3.8, 4) is 33.8 Å². The van der Waals surface area contributed by atoms with Crippen LogP contribution in [0.3, 0.4) is 0 Å². The summed E-state index contributed by atoms with van der Waals surface area (Å²) in [7, 11) is 0. The van der Waals surface area contributed by atoms with Gasteiger partial charge in [-0.1, -0.05) is 37.1 Å². The summed E-state index contributed by atoms with van der Waals surface area (Å²) < 4.78 is 13.9. The van der Waals surface area contributed by atoms with Gasteiger partial charge in [-0.25, -0.2) is 14.4 Å². The van der Waals surface area contributed by atoms with E-state index in [0.29, 0.717) is 17.5 Å². The summed E-state index contributed by atoms with van der Waals surface area (Å²) in [4.78, 5) is 17.3. The number of rotatable bonds is 5. The van der Waals surface area contributed by atoms with Crippen LogP contribution in [-0.4, -0.2) is 36.2 Å². The van der Waals surface area contributed by atoms with Crippen LogP contribution in [0.15, 0.2) is 73.2 Å². The average molecular weight is 490 g/mol. The molecule has 0 spiro atoms. The van der Waals surface area contributed by atoms with Crippen LogP contribution in [-0.2, 0) is 0 Å². The topological polar surface area (TPSA) is 95.2 Å². The highest BCUT2D eigenvalue weighted by molar-refractivity contribution is 5.97. The minimum Gasteiger partial charge on any atom is -0.381 e. The molecule has 0 unspecified atom stereocenters. The van der Waals surface area contributed by atoms with Crippen molar-refractivity contribution in [2.45, 2.75) is 31.7 Å². The number of halogens is 1. The van der Waals surface area contributed by atoms with Gasteiger partial charge in [0, 0.05) is 41.3 Å². The van der Waals surface area contributed by atoms with Crippen molar-refractivity contribution in [1.29, 1.82) is 0 Å². The summed E-state index contributed by atoms with van der Waals surface area (Å²) in [6.07, 6.45) is 10.5. The number of aromatic nitrogens is 6. The molecule has 3 N–H and O–H groups in total. The third-order valence-corrected chi connectivity index (χ3v) is 7.09. The number of fused-ring (bicyclic) bond motifs is 2. The molecule has 8 heteroatoms. The molecule has 0 atom stereocenters. The van der Waals surface area contributed by atoms with Gasteiger partial charge in [0.2, 0.25) is 0 Å². The summed E-state index contributed by atoms with van der Waals surface area (Å²) in [5.74, 6) is 0.371. The third-order valence-electron chi connectivity index (χ3n) is 7.09. The molecule has 1 fully saturated rings. The molecule has 2 aromatic carbocycles. The zero-order chi connectivity index (χ0) is 24.8. The van der Waals surface area contributed by atoms with E-state index in [1.165, 1.54) is 37.8 Å². The number of imidazole rings is 1. The Labute approximate surface area is 212 Å². The SMILES string of the molecule is Fc1cccc(-c2cccc3[nH]c(-c4[nH]nc5ncc(-c6cncc(NC7CCCC7)c6)cc45)nc23)c1. The van der Waals surface area contributed by atoms with E-state index in [-0.39, 0.29) is 5.82 Å². The molecule has 4 aromatic heterocycles. The van der Waals surface area contributed by atoms with E-state index in [1.54, 1.807) is 6.07 Å². The van der Waals surface area contributed by atoms with E-state index in [2.05, 4.69) is 42.6 Å². The van der Waals surface area contributed by atoms with Crippen molar-refractivity contribution in [3.05, 3.63) is 79.0 Å². The van der Waals surface area contributed by atoms with E-state index in [1.807, 2.05) is 42.9 Å². The second-order valence-corrected chi connectivity index (χ2v) is 9.58. The smallest absolute Gasteiger partial charge is 0.181 e. The van der Waals surface area contributed by atoms with E-state index in [9.17, 15) is 4.39 Å². The maximum Gasteiger partial charge on any atom is 0.181 e. The zero-order valence-electron chi connectivity index (χ0n) is 20.0. The highest BCUT2D eigenvalue weighted by atomic mass is 19.1. The fourth-order valence-corrected chi connectivity index (χ4v) is 5.26. The Bertz CT molecular complexity index is 1750. The Morgan fingerprint density at radius 2 is 1.76 bits per heavy atom. The number of aromatic amines is 2. The number of anilines is 1. The van der Waals surface area contributed by atoms with Gasteiger partial charge in [-0.2, -0.15) is 5.10 Å². The molecule has 182 valence electrons. The molecule has 6 aromatic rings. The molecule has 0 saturated heterocycles. The van der Waals surface area contributed by atoms with Crippen LogP contribution in [0.5, 0.6) is 0 Å². The van der Waals surface area contributed by atoms with E-state index < -0.39 is 0 Å². The van der Waals surface area contributed by atoms with Crippen LogP contribution in [0.2, 0.25) is 0 Å². The summed E-state index contributed by atoms with van der Waals surface area (Å²) in [6, 6.07) is 17.1. The Morgan fingerprint density at radius 3 is 2.65 bits per heavy atom. The lowest BCUT2D eigenvalue weighted by molar-refractivity contribution is 0.628. The van der Waals surface area contributed by atoms with Crippen LogP contribution >= 0.6 is 0 Å². The monoisotopic (exact) mass is 489 g/mol. The van der Waals surface area contributed by atoms with Crippen molar-refractivity contribution < 1.29 is 4.39 Å². The Kier molecular flexibility index (Phi) is 5.16. The highest BCUT2D eigenvalue weighted by Crippen LogP contribution is 2.33. The van der Waals surface area contributed by atoms with Crippen molar-refractivity contribution in [3.63, 3.8) is 0 Å². The highest BCUT2D eigenvalue weighted by Gasteiger charge is 2.17. The van der Waals surface area contributed by atoms with E-state index >= 15 is 0 Å². The summed E-state index contributed by atoms with van der Waals surface area (Å²) in [5.41, 5.74) is 7.59. The van der Waals surface area contributed by atoms with Crippen LogP contribution < -0.4 is 5.32 Å². The first-order chi connectivity index (χ1) is 18.2. The van der Waals surface area contributed by atoms with Gasteiger partial charge in [-0.15, -0.1) is 0 Å². The van der Waals surface area contributed by atoms with Crippen molar-refractivity contribution in [2.24, 2.45) is 0 Å². The van der Waals surface area contributed by atoms with Gasteiger partial charge in [0.15, 0.2) is 11.5 Å². The molecule has 1 aliphatic carbocycles. The number of hydrogen-bond acceptors (Lipinski definition) is 5. The second-order valence-electron chi connectivity index (χ2n) is 9.58. The van der Waals surface area contributed by atoms with Gasteiger partial charge < -0.3 is 10.3 Å². The van der Waals surface area contributed by atoms with Gasteiger partial charge >= 0.3 is 0 Å². The van der Waals surface area contributed by atoms with Crippen molar-refractivity contribution in [1.82, 2.24) is 30.1 Å². The van der Waals surface area contributed by atoms with E-state index in [0.717, 1.165) is 50.1 Å². The molecule has 0 bridgehead atoms. The zero-order valence-corrected chi connectivity index (χ0v) is 20.0. The lowest BCUT2D eigenvalue weighted by atomic mass is 10.0. The molecule has 0 radical (unpaired) electrons. The molecule has 0 amide bonds. The lowest BCUT2D eigenvalue weighted by Crippen LogP contribution is -2.14. The predicted molar refractivity (Wildman–Crippen MR) is 143 cm³/mol. The molecule has 1 aliphatic rings. The summed E-state index contributed by atoms with van der Waals surface area (Å²) in [6.45, 7) is 0. The van der Waals surface area contributed by atoms with Gasteiger partial charge in [0.25, 0.3) is 0 Å². The first kappa shape index (κ1) is 21.7. The molecule has 1 saturated carbocycles. The van der Waals surface area contributed by atoms with Crippen LogP contribution in [0.4, 0.5) is 10.1 Å². The lowest BCUT2D eigenvalue weighted by Gasteiger charge is -2.13. The number of nitrogens with one attached hydrogen (secondary N) is 3. The Morgan fingerprint density at radius 1 is 0.892 bits per heavy atom. The maximum atomic E-state index is 13.9. The molecular formula is C29H24FN7. The third kappa shape index (κ3) is 4.00. The number of benzene rings is 2. The standard InChI is InChI=1S/C29H24FN7/c30-20-6-3-5-17(11-20)23-9-4-10-25-26(23)35-29(34-25)27-24-13-19(15-32-28(24)37-36-27)18-12-22(16-31-14-18)33-21-7-1-2-8-21/h3-6,9-16,21,33H,1-2,7-8H2,(H,34,35)(H,32,36,37).